The van der Waals surface area contributed by atoms with Crippen molar-refractivity contribution in [2.45, 2.75) is 72.3 Å². The van der Waals surface area contributed by atoms with Crippen LogP contribution in [0.15, 0.2) is 0 Å². The van der Waals surface area contributed by atoms with Gasteiger partial charge in [0.1, 0.15) is 11.9 Å². The Bertz CT molecular complexity index is 380. The lowest BCUT2D eigenvalue weighted by Crippen LogP contribution is -2.46. The summed E-state index contributed by atoms with van der Waals surface area (Å²) < 4.78 is 5.63. The first-order valence-corrected chi connectivity index (χ1v) is 7.48. The van der Waals surface area contributed by atoms with E-state index in [-0.39, 0.29) is 17.5 Å². The number of hydrogen-bond acceptors (Lipinski definition) is 3. The van der Waals surface area contributed by atoms with Crippen molar-refractivity contribution in [2.75, 3.05) is 0 Å². The average molecular weight is 266 g/mol. The maximum atomic E-state index is 12.1. The summed E-state index contributed by atoms with van der Waals surface area (Å²) in [5.41, 5.74) is -0.591. The fraction of sp³-hybridized carbons (Fsp3) is 0.875. The molecule has 2 saturated carbocycles. The van der Waals surface area contributed by atoms with Gasteiger partial charge in [-0.2, -0.15) is 0 Å². The summed E-state index contributed by atoms with van der Waals surface area (Å²) >= 11 is 0. The van der Waals surface area contributed by atoms with Gasteiger partial charge in [0.05, 0.1) is 5.41 Å². The summed E-state index contributed by atoms with van der Waals surface area (Å²) in [7, 11) is 0. The van der Waals surface area contributed by atoms with E-state index in [9.17, 15) is 9.59 Å². The minimum atomic E-state index is -0.441. The van der Waals surface area contributed by atoms with Crippen LogP contribution in [0.5, 0.6) is 0 Å². The first-order valence-electron chi connectivity index (χ1n) is 7.48. The monoisotopic (exact) mass is 266 g/mol. The van der Waals surface area contributed by atoms with Gasteiger partial charge in [-0.25, -0.2) is 0 Å². The lowest BCUT2D eigenvalue weighted by molar-refractivity contribution is -0.164. The molecule has 2 rings (SSSR count). The van der Waals surface area contributed by atoms with Gasteiger partial charge in [0, 0.05) is 11.8 Å². The van der Waals surface area contributed by atoms with Crippen LogP contribution >= 0.6 is 0 Å². The Morgan fingerprint density at radius 2 is 2.00 bits per heavy atom. The molecule has 0 aromatic rings. The molecule has 19 heavy (non-hydrogen) atoms. The van der Waals surface area contributed by atoms with E-state index in [1.165, 1.54) is 0 Å². The molecule has 0 unspecified atom stereocenters. The first kappa shape index (κ1) is 14.5. The highest BCUT2D eigenvalue weighted by molar-refractivity contribution is 5.85. The van der Waals surface area contributed by atoms with Gasteiger partial charge in [-0.3, -0.25) is 9.59 Å². The van der Waals surface area contributed by atoms with Crippen molar-refractivity contribution in [1.82, 2.24) is 0 Å². The molecular formula is C16H26O3. The molecule has 0 spiro atoms. The van der Waals surface area contributed by atoms with Crippen LogP contribution in [0.4, 0.5) is 0 Å². The van der Waals surface area contributed by atoms with Crippen molar-refractivity contribution >= 4 is 11.8 Å². The van der Waals surface area contributed by atoms with Gasteiger partial charge >= 0.3 is 5.97 Å². The minimum absolute atomic E-state index is 0.00991. The molecule has 0 heterocycles. The summed E-state index contributed by atoms with van der Waals surface area (Å²) in [6.07, 6.45) is 5.42. The Balaban J connectivity index is 1.99. The van der Waals surface area contributed by atoms with E-state index in [0.717, 1.165) is 38.5 Å². The molecule has 3 atom stereocenters. The molecule has 0 radical (unpaired) electrons. The number of carbonyl (C=O) groups excluding carboxylic acids is 2. The Labute approximate surface area is 116 Å². The zero-order valence-electron chi connectivity index (χ0n) is 12.6. The summed E-state index contributed by atoms with van der Waals surface area (Å²) in [4.78, 5) is 24.1. The molecule has 2 aliphatic carbocycles. The van der Waals surface area contributed by atoms with Gasteiger partial charge in [-0.05, 0) is 58.8 Å². The number of rotatable bonds is 1. The van der Waals surface area contributed by atoms with E-state index in [2.05, 4.69) is 6.92 Å². The zero-order chi connectivity index (χ0) is 14.3. The van der Waals surface area contributed by atoms with E-state index in [1.807, 2.05) is 20.8 Å². The van der Waals surface area contributed by atoms with Crippen LogP contribution in [-0.4, -0.2) is 17.9 Å². The molecule has 108 valence electrons. The van der Waals surface area contributed by atoms with Crippen LogP contribution in [0.3, 0.4) is 0 Å². The number of hydrogen-bond donors (Lipinski definition) is 0. The molecule has 3 heteroatoms. The molecule has 0 aliphatic heterocycles. The Hall–Kier alpha value is -0.860. The number of Topliss-reactive ketones (excluding diaryl/α,β-unsaturated/α-hetero) is 1. The number of ketones is 1. The maximum absolute atomic E-state index is 12.1. The SMILES string of the molecule is CC(C)(C)C(=O)O[C@@H]1CC[C@]2(C)C(=O)CCC[C@@H]2C1. The van der Waals surface area contributed by atoms with E-state index in [1.54, 1.807) is 0 Å². The largest absolute Gasteiger partial charge is 0.462 e. The normalized spacial score (nSPS) is 35.7. The van der Waals surface area contributed by atoms with Crippen molar-refractivity contribution < 1.29 is 14.3 Å². The van der Waals surface area contributed by atoms with Crippen LogP contribution in [0.25, 0.3) is 0 Å². The third kappa shape index (κ3) is 2.85. The van der Waals surface area contributed by atoms with E-state index in [4.69, 9.17) is 4.74 Å². The highest BCUT2D eigenvalue weighted by atomic mass is 16.5. The Kier molecular flexibility index (Phi) is 3.76. The molecule has 3 nitrogen and oxygen atoms in total. The van der Waals surface area contributed by atoms with E-state index >= 15 is 0 Å². The molecule has 0 amide bonds. The summed E-state index contributed by atoms with van der Waals surface area (Å²) in [5, 5.41) is 0. The fourth-order valence-corrected chi connectivity index (χ4v) is 3.39. The van der Waals surface area contributed by atoms with Crippen LogP contribution < -0.4 is 0 Å². The number of ether oxygens (including phenoxy) is 1. The third-order valence-electron chi connectivity index (χ3n) is 4.91. The summed E-state index contributed by atoms with van der Waals surface area (Å²) in [6.45, 7) is 7.76. The van der Waals surface area contributed by atoms with Crippen molar-refractivity contribution in [2.24, 2.45) is 16.7 Å². The number of carbonyl (C=O) groups is 2. The van der Waals surface area contributed by atoms with Gasteiger partial charge in [0.2, 0.25) is 0 Å². The molecule has 2 fully saturated rings. The number of fused-ring (bicyclic) bond motifs is 1. The van der Waals surface area contributed by atoms with Crippen molar-refractivity contribution in [3.8, 4) is 0 Å². The Morgan fingerprint density at radius 3 is 2.63 bits per heavy atom. The van der Waals surface area contributed by atoms with E-state index < -0.39 is 5.41 Å². The fourth-order valence-electron chi connectivity index (χ4n) is 3.39. The van der Waals surface area contributed by atoms with Crippen molar-refractivity contribution in [3.63, 3.8) is 0 Å². The molecule has 0 aromatic heterocycles. The van der Waals surface area contributed by atoms with Crippen LogP contribution in [0.2, 0.25) is 0 Å². The first-order chi connectivity index (χ1) is 8.73. The predicted molar refractivity (Wildman–Crippen MR) is 73.6 cm³/mol. The second kappa shape index (κ2) is 4.92. The molecule has 0 N–H and O–H groups in total. The second-order valence-corrected chi connectivity index (χ2v) is 7.48. The molecule has 0 saturated heterocycles. The molecule has 0 bridgehead atoms. The maximum Gasteiger partial charge on any atom is 0.311 e. The summed E-state index contributed by atoms with van der Waals surface area (Å²) in [5.74, 6) is 0.702. The topological polar surface area (TPSA) is 43.4 Å². The standard InChI is InChI=1S/C16H26O3/c1-15(2,3)14(18)19-12-8-9-16(4)11(10-12)6-5-7-13(16)17/h11-12H,5-10H2,1-4H3/t11-,12-,16+/m1/s1. The summed E-state index contributed by atoms with van der Waals surface area (Å²) in [6, 6.07) is 0. The lowest BCUT2D eigenvalue weighted by atomic mass is 9.59. The minimum Gasteiger partial charge on any atom is -0.462 e. The number of esters is 1. The van der Waals surface area contributed by atoms with Crippen LogP contribution in [0.1, 0.15) is 66.2 Å². The average Bonchev–Trinajstić information content (AvgIpc) is 2.30. The van der Waals surface area contributed by atoms with Crippen LogP contribution in [-0.2, 0) is 14.3 Å². The predicted octanol–water partition coefficient (Wildman–Crippen LogP) is 3.50. The van der Waals surface area contributed by atoms with Crippen molar-refractivity contribution in [1.29, 1.82) is 0 Å². The zero-order valence-corrected chi connectivity index (χ0v) is 12.6. The molecule has 2 aliphatic rings. The highest BCUT2D eigenvalue weighted by Crippen LogP contribution is 2.48. The van der Waals surface area contributed by atoms with Crippen LogP contribution in [0, 0.1) is 16.7 Å². The molecular weight excluding hydrogens is 240 g/mol. The quantitative estimate of drug-likeness (QED) is 0.682. The molecule has 0 aromatic carbocycles. The van der Waals surface area contributed by atoms with Crippen molar-refractivity contribution in [3.05, 3.63) is 0 Å². The van der Waals surface area contributed by atoms with Gasteiger partial charge in [-0.1, -0.05) is 6.92 Å². The van der Waals surface area contributed by atoms with Gasteiger partial charge in [0.15, 0.2) is 0 Å². The van der Waals surface area contributed by atoms with E-state index in [0.29, 0.717) is 11.7 Å². The third-order valence-corrected chi connectivity index (χ3v) is 4.91. The van der Waals surface area contributed by atoms with Gasteiger partial charge in [0.25, 0.3) is 0 Å². The van der Waals surface area contributed by atoms with Gasteiger partial charge in [-0.15, -0.1) is 0 Å². The highest BCUT2D eigenvalue weighted by Gasteiger charge is 2.47. The second-order valence-electron chi connectivity index (χ2n) is 7.48. The lowest BCUT2D eigenvalue weighted by Gasteiger charge is -2.46. The Morgan fingerprint density at radius 1 is 1.32 bits per heavy atom. The van der Waals surface area contributed by atoms with Gasteiger partial charge < -0.3 is 4.74 Å². The smallest absolute Gasteiger partial charge is 0.311 e.